The van der Waals surface area contributed by atoms with Gasteiger partial charge in [-0.1, -0.05) is 52.5 Å². The van der Waals surface area contributed by atoms with Gasteiger partial charge in [0, 0.05) is 22.0 Å². The van der Waals surface area contributed by atoms with E-state index in [-0.39, 0.29) is 5.54 Å². The highest BCUT2D eigenvalue weighted by molar-refractivity contribution is 8.03. The lowest BCUT2D eigenvalue weighted by molar-refractivity contribution is 0.424. The SMILES string of the molecule is CSc1nnc(Sc2ccc(CNC(C)(C)C)c(Cl)c2)s1. The van der Waals surface area contributed by atoms with Gasteiger partial charge in [-0.3, -0.25) is 0 Å². The minimum atomic E-state index is 0.0809. The van der Waals surface area contributed by atoms with Crippen LogP contribution in [0.1, 0.15) is 26.3 Å². The second-order valence-electron chi connectivity index (χ2n) is 5.50. The van der Waals surface area contributed by atoms with Gasteiger partial charge in [0.1, 0.15) is 0 Å². The number of hydrogen-bond donors (Lipinski definition) is 1. The Kier molecular flexibility index (Phi) is 5.96. The normalized spacial score (nSPS) is 11.9. The molecule has 0 radical (unpaired) electrons. The van der Waals surface area contributed by atoms with E-state index in [2.05, 4.69) is 48.4 Å². The lowest BCUT2D eigenvalue weighted by Gasteiger charge is -2.21. The zero-order chi connectivity index (χ0) is 15.5. The fourth-order valence-corrected chi connectivity index (χ4v) is 4.28. The number of benzene rings is 1. The molecule has 0 bridgehead atoms. The van der Waals surface area contributed by atoms with Crippen molar-refractivity contribution in [3.63, 3.8) is 0 Å². The summed E-state index contributed by atoms with van der Waals surface area (Å²) in [7, 11) is 0. The molecule has 21 heavy (non-hydrogen) atoms. The van der Waals surface area contributed by atoms with E-state index < -0.39 is 0 Å². The molecule has 0 aliphatic carbocycles. The topological polar surface area (TPSA) is 37.8 Å². The Morgan fingerprint density at radius 2 is 1.95 bits per heavy atom. The number of hydrogen-bond acceptors (Lipinski definition) is 6. The van der Waals surface area contributed by atoms with Gasteiger partial charge in [-0.15, -0.1) is 10.2 Å². The maximum Gasteiger partial charge on any atom is 0.179 e. The molecule has 7 heteroatoms. The third-order valence-corrected chi connectivity index (χ3v) is 5.89. The van der Waals surface area contributed by atoms with Gasteiger partial charge in [-0.2, -0.15) is 0 Å². The first-order valence-electron chi connectivity index (χ1n) is 6.46. The molecule has 0 aliphatic heterocycles. The summed E-state index contributed by atoms with van der Waals surface area (Å²) < 4.78 is 1.92. The van der Waals surface area contributed by atoms with Gasteiger partial charge in [0.05, 0.1) is 0 Å². The van der Waals surface area contributed by atoms with Crippen molar-refractivity contribution in [2.45, 2.75) is 46.4 Å². The van der Waals surface area contributed by atoms with E-state index >= 15 is 0 Å². The second kappa shape index (κ2) is 7.33. The van der Waals surface area contributed by atoms with Crippen molar-refractivity contribution in [2.75, 3.05) is 6.26 Å². The van der Waals surface area contributed by atoms with Crippen molar-refractivity contribution in [1.29, 1.82) is 0 Å². The largest absolute Gasteiger partial charge is 0.308 e. The van der Waals surface area contributed by atoms with E-state index in [1.807, 2.05) is 12.3 Å². The van der Waals surface area contributed by atoms with Gasteiger partial charge in [-0.05, 0) is 44.7 Å². The molecule has 0 saturated carbocycles. The third-order valence-electron chi connectivity index (χ3n) is 2.60. The highest BCUT2D eigenvalue weighted by atomic mass is 35.5. The number of nitrogens with zero attached hydrogens (tertiary/aromatic N) is 2. The van der Waals surface area contributed by atoms with Gasteiger partial charge < -0.3 is 5.32 Å². The highest BCUT2D eigenvalue weighted by Crippen LogP contribution is 2.34. The van der Waals surface area contributed by atoms with Gasteiger partial charge in [0.2, 0.25) is 0 Å². The van der Waals surface area contributed by atoms with Crippen LogP contribution in [0.5, 0.6) is 0 Å². The van der Waals surface area contributed by atoms with Crippen LogP contribution in [0.2, 0.25) is 5.02 Å². The van der Waals surface area contributed by atoms with Crippen LogP contribution >= 0.6 is 46.5 Å². The zero-order valence-corrected chi connectivity index (χ0v) is 15.6. The molecule has 0 aliphatic rings. The summed E-state index contributed by atoms with van der Waals surface area (Å²) in [6.07, 6.45) is 2.00. The number of aromatic nitrogens is 2. The predicted molar refractivity (Wildman–Crippen MR) is 93.9 cm³/mol. The van der Waals surface area contributed by atoms with Gasteiger partial charge in [-0.25, -0.2) is 0 Å². The van der Waals surface area contributed by atoms with Crippen LogP contribution < -0.4 is 5.32 Å². The molecule has 0 atom stereocenters. The molecule has 1 aromatic heterocycles. The van der Waals surface area contributed by atoms with Crippen molar-refractivity contribution in [2.24, 2.45) is 0 Å². The Morgan fingerprint density at radius 3 is 2.52 bits per heavy atom. The molecule has 2 aromatic rings. The fourth-order valence-electron chi connectivity index (χ4n) is 1.52. The monoisotopic (exact) mass is 359 g/mol. The average Bonchev–Trinajstić information content (AvgIpc) is 2.84. The molecular weight excluding hydrogens is 342 g/mol. The van der Waals surface area contributed by atoms with E-state index in [0.29, 0.717) is 0 Å². The fraction of sp³-hybridized carbons (Fsp3) is 0.429. The molecule has 0 unspecified atom stereocenters. The summed E-state index contributed by atoms with van der Waals surface area (Å²) in [4.78, 5) is 1.09. The summed E-state index contributed by atoms with van der Waals surface area (Å²) in [5, 5.41) is 12.5. The van der Waals surface area contributed by atoms with Gasteiger partial charge >= 0.3 is 0 Å². The first-order chi connectivity index (χ1) is 9.87. The summed E-state index contributed by atoms with van der Waals surface area (Å²) in [6.45, 7) is 7.19. The van der Waals surface area contributed by atoms with Gasteiger partial charge in [0.15, 0.2) is 8.68 Å². The molecule has 3 nitrogen and oxygen atoms in total. The number of rotatable bonds is 5. The minimum absolute atomic E-state index is 0.0809. The summed E-state index contributed by atoms with van der Waals surface area (Å²) in [6, 6.07) is 6.14. The van der Waals surface area contributed by atoms with Crippen molar-refractivity contribution >= 4 is 46.5 Å². The molecule has 1 aromatic carbocycles. The minimum Gasteiger partial charge on any atom is -0.308 e. The van der Waals surface area contributed by atoms with Crippen LogP contribution in [0, 0.1) is 0 Å². The molecule has 2 rings (SSSR count). The number of halogens is 1. The second-order valence-corrected chi connectivity index (χ2v) is 9.26. The molecular formula is C14H18ClN3S3. The smallest absolute Gasteiger partial charge is 0.179 e. The van der Waals surface area contributed by atoms with Crippen LogP contribution in [0.4, 0.5) is 0 Å². The van der Waals surface area contributed by atoms with Crippen LogP contribution in [0.15, 0.2) is 31.8 Å². The van der Waals surface area contributed by atoms with Crippen LogP contribution in [-0.4, -0.2) is 22.0 Å². The summed E-state index contributed by atoms with van der Waals surface area (Å²) in [5.41, 5.74) is 1.19. The van der Waals surface area contributed by atoms with Crippen molar-refractivity contribution in [3.05, 3.63) is 28.8 Å². The predicted octanol–water partition coefficient (Wildman–Crippen LogP) is 4.95. The Morgan fingerprint density at radius 1 is 1.24 bits per heavy atom. The molecule has 1 N–H and O–H groups in total. The van der Waals surface area contributed by atoms with Crippen molar-refractivity contribution in [1.82, 2.24) is 15.5 Å². The van der Waals surface area contributed by atoms with Crippen LogP contribution in [0.3, 0.4) is 0 Å². The molecule has 0 amide bonds. The molecule has 1 heterocycles. The Hall–Kier alpha value is -0.270. The number of thioether (sulfide) groups is 1. The summed E-state index contributed by atoms with van der Waals surface area (Å²) in [5.74, 6) is 0. The standard InChI is InChI=1S/C14H18ClN3S3/c1-14(2,3)16-8-9-5-6-10(7-11(9)15)20-13-18-17-12(19-4)21-13/h5-7,16H,8H2,1-4H3. The van der Waals surface area contributed by atoms with Gasteiger partial charge in [0.25, 0.3) is 0 Å². The zero-order valence-electron chi connectivity index (χ0n) is 12.4. The summed E-state index contributed by atoms with van der Waals surface area (Å²) >= 11 is 11.2. The van der Waals surface area contributed by atoms with Crippen LogP contribution in [0.25, 0.3) is 0 Å². The maximum atomic E-state index is 6.37. The Balaban J connectivity index is 2.04. The van der Waals surface area contributed by atoms with Crippen LogP contribution in [-0.2, 0) is 6.54 Å². The van der Waals surface area contributed by atoms with Crippen molar-refractivity contribution < 1.29 is 0 Å². The lowest BCUT2D eigenvalue weighted by atomic mass is 10.1. The third kappa shape index (κ3) is 5.45. The number of nitrogens with one attached hydrogen (secondary N) is 1. The molecule has 0 saturated heterocycles. The van der Waals surface area contributed by atoms with E-state index in [4.69, 9.17) is 11.6 Å². The quantitative estimate of drug-likeness (QED) is 0.764. The highest BCUT2D eigenvalue weighted by Gasteiger charge is 2.11. The lowest BCUT2D eigenvalue weighted by Crippen LogP contribution is -2.35. The Bertz CT molecular complexity index is 608. The maximum absolute atomic E-state index is 6.37. The molecule has 0 fully saturated rings. The molecule has 0 spiro atoms. The van der Waals surface area contributed by atoms with E-state index in [9.17, 15) is 0 Å². The Labute approximate surface area is 143 Å². The average molecular weight is 360 g/mol. The van der Waals surface area contributed by atoms with E-state index in [0.717, 1.165) is 30.7 Å². The van der Waals surface area contributed by atoms with E-state index in [1.54, 1.807) is 34.9 Å². The molecule has 114 valence electrons. The van der Waals surface area contributed by atoms with E-state index in [1.165, 1.54) is 0 Å². The van der Waals surface area contributed by atoms with Crippen molar-refractivity contribution in [3.8, 4) is 0 Å². The first kappa shape index (κ1) is 17.1. The first-order valence-corrected chi connectivity index (χ1v) is 9.70.